The van der Waals surface area contributed by atoms with Crippen LogP contribution in [0.3, 0.4) is 0 Å². The third-order valence-corrected chi connectivity index (χ3v) is 3.71. The van der Waals surface area contributed by atoms with Crippen molar-refractivity contribution < 1.29 is 19.2 Å². The van der Waals surface area contributed by atoms with Crippen molar-refractivity contribution in [3.05, 3.63) is 0 Å². The maximum absolute atomic E-state index is 11.0. The Morgan fingerprint density at radius 3 is 2.69 bits per heavy atom. The molecule has 4 heteroatoms. The van der Waals surface area contributed by atoms with Crippen LogP contribution < -0.4 is 4.90 Å². The Morgan fingerprint density at radius 1 is 1.44 bits per heavy atom. The number of rotatable bonds is 4. The van der Waals surface area contributed by atoms with Crippen LogP contribution in [0, 0.1) is 5.92 Å². The van der Waals surface area contributed by atoms with Crippen LogP contribution >= 0.6 is 0 Å². The van der Waals surface area contributed by atoms with Gasteiger partial charge in [-0.2, -0.15) is 0 Å². The molecule has 1 unspecified atom stereocenters. The van der Waals surface area contributed by atoms with Crippen molar-refractivity contribution in [3.63, 3.8) is 0 Å². The number of ether oxygens (including phenoxy) is 2. The molecule has 0 bridgehead atoms. The minimum Gasteiger partial charge on any atom is -0.462 e. The number of hydrogen-bond acceptors (Lipinski definition) is 3. The van der Waals surface area contributed by atoms with Crippen LogP contribution in [0.1, 0.15) is 27.2 Å². The summed E-state index contributed by atoms with van der Waals surface area (Å²) in [5.74, 6) is 0.258. The fourth-order valence-electron chi connectivity index (χ4n) is 2.48. The molecule has 1 heterocycles. The van der Waals surface area contributed by atoms with E-state index >= 15 is 0 Å². The van der Waals surface area contributed by atoms with E-state index in [1.165, 1.54) is 6.92 Å². The van der Waals surface area contributed by atoms with Crippen LogP contribution in [-0.4, -0.2) is 44.9 Å². The molecule has 4 nitrogen and oxygen atoms in total. The Morgan fingerprint density at radius 2 is 2.12 bits per heavy atom. The summed E-state index contributed by atoms with van der Waals surface area (Å²) in [6.07, 6.45) is 1.06. The first-order valence-corrected chi connectivity index (χ1v) is 6.07. The van der Waals surface area contributed by atoms with Crippen LogP contribution in [0.25, 0.3) is 0 Å². The number of methoxy groups -OCH3 is 1. The van der Waals surface area contributed by atoms with E-state index < -0.39 is 0 Å². The summed E-state index contributed by atoms with van der Waals surface area (Å²) < 4.78 is 10.5. The van der Waals surface area contributed by atoms with E-state index in [0.717, 1.165) is 26.1 Å². The minimum atomic E-state index is -0.163. The maximum Gasteiger partial charge on any atom is 0.302 e. The first-order valence-electron chi connectivity index (χ1n) is 6.07. The summed E-state index contributed by atoms with van der Waals surface area (Å²) in [6, 6.07) is 0.522. The van der Waals surface area contributed by atoms with Gasteiger partial charge in [-0.1, -0.05) is 6.92 Å². The zero-order chi connectivity index (χ0) is 12.1. The SMILES string of the molecule is COCC[NH+]1CC[C@H](OC(C)=O)[C@@H](C)[C@@H]1C. The standard InChI is InChI=1S/C12H23NO3/c1-9-10(2)13(7-8-15-4)6-5-12(9)16-11(3)14/h9-10,12H,5-8H2,1-4H3/p+1/t9-,10-,12-/m0/s1. The van der Waals surface area contributed by atoms with Gasteiger partial charge in [-0.15, -0.1) is 0 Å². The lowest BCUT2D eigenvalue weighted by atomic mass is 9.89. The normalized spacial score (nSPS) is 34.8. The van der Waals surface area contributed by atoms with Crippen molar-refractivity contribution in [1.29, 1.82) is 0 Å². The van der Waals surface area contributed by atoms with E-state index in [1.807, 2.05) is 0 Å². The summed E-state index contributed by atoms with van der Waals surface area (Å²) >= 11 is 0. The molecule has 4 atom stereocenters. The predicted molar refractivity (Wildman–Crippen MR) is 61.4 cm³/mol. The summed E-state index contributed by atoms with van der Waals surface area (Å²) in [5, 5.41) is 0. The number of quaternary nitrogens is 1. The van der Waals surface area contributed by atoms with Gasteiger partial charge in [0.05, 0.1) is 19.2 Å². The number of nitrogens with one attached hydrogen (secondary N) is 1. The fraction of sp³-hybridized carbons (Fsp3) is 0.917. The molecule has 0 aromatic heterocycles. The average Bonchev–Trinajstić information content (AvgIpc) is 2.23. The first kappa shape index (κ1) is 13.5. The van der Waals surface area contributed by atoms with E-state index in [1.54, 1.807) is 12.0 Å². The lowest BCUT2D eigenvalue weighted by Crippen LogP contribution is -3.18. The Labute approximate surface area is 97.9 Å². The van der Waals surface area contributed by atoms with Gasteiger partial charge in [-0.3, -0.25) is 4.79 Å². The highest BCUT2D eigenvalue weighted by Gasteiger charge is 2.36. The summed E-state index contributed by atoms with van der Waals surface area (Å²) in [6.45, 7) is 8.78. The fourth-order valence-corrected chi connectivity index (χ4v) is 2.48. The molecule has 1 aliphatic rings. The van der Waals surface area contributed by atoms with Gasteiger partial charge in [0.1, 0.15) is 12.6 Å². The topological polar surface area (TPSA) is 40.0 Å². The van der Waals surface area contributed by atoms with Crippen LogP contribution in [0.2, 0.25) is 0 Å². The lowest BCUT2D eigenvalue weighted by Gasteiger charge is -2.39. The molecule has 1 rings (SSSR count). The van der Waals surface area contributed by atoms with Crippen molar-refractivity contribution in [1.82, 2.24) is 0 Å². The zero-order valence-electron chi connectivity index (χ0n) is 10.8. The Kier molecular flexibility index (Phi) is 5.22. The molecule has 0 aromatic carbocycles. The van der Waals surface area contributed by atoms with E-state index in [2.05, 4.69) is 13.8 Å². The largest absolute Gasteiger partial charge is 0.462 e. The van der Waals surface area contributed by atoms with Crippen molar-refractivity contribution in [2.24, 2.45) is 5.92 Å². The maximum atomic E-state index is 11.0. The third kappa shape index (κ3) is 3.46. The zero-order valence-corrected chi connectivity index (χ0v) is 10.8. The van der Waals surface area contributed by atoms with Gasteiger partial charge in [0.2, 0.25) is 0 Å². The monoisotopic (exact) mass is 230 g/mol. The van der Waals surface area contributed by atoms with Crippen molar-refractivity contribution in [3.8, 4) is 0 Å². The van der Waals surface area contributed by atoms with Gasteiger partial charge in [-0.05, 0) is 6.92 Å². The van der Waals surface area contributed by atoms with E-state index in [0.29, 0.717) is 12.0 Å². The smallest absolute Gasteiger partial charge is 0.302 e. The van der Waals surface area contributed by atoms with Crippen molar-refractivity contribution in [2.45, 2.75) is 39.3 Å². The molecule has 0 amide bonds. The lowest BCUT2D eigenvalue weighted by molar-refractivity contribution is -0.934. The number of esters is 1. The van der Waals surface area contributed by atoms with Gasteiger partial charge < -0.3 is 14.4 Å². The van der Waals surface area contributed by atoms with Gasteiger partial charge in [-0.25, -0.2) is 0 Å². The van der Waals surface area contributed by atoms with Gasteiger partial charge in [0, 0.05) is 26.4 Å². The molecule has 16 heavy (non-hydrogen) atoms. The van der Waals surface area contributed by atoms with Crippen LogP contribution in [0.15, 0.2) is 0 Å². The second-order valence-electron chi connectivity index (χ2n) is 4.74. The molecule has 94 valence electrons. The van der Waals surface area contributed by atoms with E-state index in [4.69, 9.17) is 9.47 Å². The first-order chi connectivity index (χ1) is 7.56. The highest BCUT2D eigenvalue weighted by molar-refractivity contribution is 5.66. The number of likely N-dealkylation sites (tertiary alicyclic amines) is 1. The molecule has 0 aromatic rings. The molecule has 0 aliphatic carbocycles. The van der Waals surface area contributed by atoms with Crippen LogP contribution in [0.4, 0.5) is 0 Å². The molecule has 0 radical (unpaired) electrons. The van der Waals surface area contributed by atoms with Crippen LogP contribution in [-0.2, 0) is 14.3 Å². The van der Waals surface area contributed by atoms with Crippen molar-refractivity contribution in [2.75, 3.05) is 26.8 Å². The second kappa shape index (κ2) is 6.21. The minimum absolute atomic E-state index is 0.0961. The molecular weight excluding hydrogens is 206 g/mol. The van der Waals surface area contributed by atoms with Crippen LogP contribution in [0.5, 0.6) is 0 Å². The number of piperidine rings is 1. The van der Waals surface area contributed by atoms with E-state index in [9.17, 15) is 4.79 Å². The molecule has 1 aliphatic heterocycles. The number of hydrogen-bond donors (Lipinski definition) is 1. The van der Waals surface area contributed by atoms with Crippen molar-refractivity contribution >= 4 is 5.97 Å². The quantitative estimate of drug-likeness (QED) is 0.684. The number of carbonyl (C=O) groups excluding carboxylic acids is 1. The summed E-state index contributed by atoms with van der Waals surface area (Å²) in [5.41, 5.74) is 0. The Balaban J connectivity index is 2.47. The molecule has 1 fully saturated rings. The predicted octanol–water partition coefficient (Wildman–Crippen LogP) is -0.122. The molecule has 0 saturated carbocycles. The number of carbonyl (C=O) groups is 1. The Bertz CT molecular complexity index is 232. The Hall–Kier alpha value is -0.610. The highest BCUT2D eigenvalue weighted by atomic mass is 16.5. The van der Waals surface area contributed by atoms with Gasteiger partial charge in [0.25, 0.3) is 0 Å². The molecule has 1 saturated heterocycles. The molecule has 1 N–H and O–H groups in total. The summed E-state index contributed by atoms with van der Waals surface area (Å²) in [7, 11) is 1.74. The van der Waals surface area contributed by atoms with Gasteiger partial charge >= 0.3 is 5.97 Å². The summed E-state index contributed by atoms with van der Waals surface area (Å²) in [4.78, 5) is 12.5. The molecular formula is C12H24NO3+. The van der Waals surface area contributed by atoms with Gasteiger partial charge in [0.15, 0.2) is 0 Å². The highest BCUT2D eigenvalue weighted by Crippen LogP contribution is 2.17. The second-order valence-corrected chi connectivity index (χ2v) is 4.74. The molecule has 0 spiro atoms. The average molecular weight is 230 g/mol. The third-order valence-electron chi connectivity index (χ3n) is 3.71. The van der Waals surface area contributed by atoms with E-state index in [-0.39, 0.29) is 12.1 Å².